The molecule has 148 valence electrons. The number of ketones is 1. The van der Waals surface area contributed by atoms with Gasteiger partial charge in [0.15, 0.2) is 5.78 Å². The summed E-state index contributed by atoms with van der Waals surface area (Å²) in [6.07, 6.45) is 0.953. The first-order valence-corrected chi connectivity index (χ1v) is 10.3. The van der Waals surface area contributed by atoms with E-state index in [4.69, 9.17) is 9.47 Å². The molecule has 0 N–H and O–H groups in total. The molecule has 6 heteroatoms. The molecule has 0 spiro atoms. The summed E-state index contributed by atoms with van der Waals surface area (Å²) in [6, 6.07) is 5.64. The lowest BCUT2D eigenvalue weighted by Crippen LogP contribution is -2.31. The molecular formula is C22H24O5S. The van der Waals surface area contributed by atoms with Crippen LogP contribution in [0.3, 0.4) is 0 Å². The first kappa shape index (κ1) is 20.3. The summed E-state index contributed by atoms with van der Waals surface area (Å²) in [5.74, 6) is -1.42. The van der Waals surface area contributed by atoms with Gasteiger partial charge in [0.05, 0.1) is 24.3 Å². The molecule has 1 aliphatic rings. The summed E-state index contributed by atoms with van der Waals surface area (Å²) in [6.45, 7) is 7.78. The summed E-state index contributed by atoms with van der Waals surface area (Å²) in [5.41, 5.74) is 1.65. The lowest BCUT2D eigenvalue weighted by atomic mass is 9.71. The SMILES string of the molecule is CCOC(=O)c1c(-c2cccs2)cc2c(c1C(=O)OCC)C(=O)CC(C)(C)C2. The van der Waals surface area contributed by atoms with Crippen LogP contribution in [0.25, 0.3) is 10.4 Å². The van der Waals surface area contributed by atoms with Crippen molar-refractivity contribution in [3.8, 4) is 10.4 Å². The third-order valence-corrected chi connectivity index (χ3v) is 5.64. The number of esters is 2. The molecule has 0 saturated carbocycles. The Morgan fingerprint density at radius 1 is 1.07 bits per heavy atom. The van der Waals surface area contributed by atoms with Crippen LogP contribution in [0.4, 0.5) is 0 Å². The first-order valence-electron chi connectivity index (χ1n) is 9.40. The van der Waals surface area contributed by atoms with E-state index in [2.05, 4.69) is 0 Å². The number of carbonyl (C=O) groups excluding carboxylic acids is 3. The van der Waals surface area contributed by atoms with E-state index in [1.165, 1.54) is 11.3 Å². The van der Waals surface area contributed by atoms with Gasteiger partial charge >= 0.3 is 11.9 Å². The van der Waals surface area contributed by atoms with Crippen molar-refractivity contribution >= 4 is 29.1 Å². The molecule has 3 rings (SSSR count). The van der Waals surface area contributed by atoms with E-state index < -0.39 is 11.9 Å². The molecule has 0 amide bonds. The summed E-state index contributed by atoms with van der Waals surface area (Å²) < 4.78 is 10.5. The van der Waals surface area contributed by atoms with Gasteiger partial charge in [-0.25, -0.2) is 9.59 Å². The molecule has 5 nitrogen and oxygen atoms in total. The van der Waals surface area contributed by atoms with Gasteiger partial charge in [0.2, 0.25) is 0 Å². The van der Waals surface area contributed by atoms with Gasteiger partial charge in [-0.2, -0.15) is 0 Å². The van der Waals surface area contributed by atoms with Gasteiger partial charge in [0.25, 0.3) is 0 Å². The van der Waals surface area contributed by atoms with E-state index in [0.717, 1.165) is 10.4 Å². The molecule has 1 aromatic heterocycles. The third kappa shape index (κ3) is 3.74. The highest BCUT2D eigenvalue weighted by atomic mass is 32.1. The van der Waals surface area contributed by atoms with E-state index in [1.54, 1.807) is 13.8 Å². The predicted molar refractivity (Wildman–Crippen MR) is 108 cm³/mol. The maximum Gasteiger partial charge on any atom is 0.339 e. The third-order valence-electron chi connectivity index (χ3n) is 4.74. The molecule has 0 aliphatic heterocycles. The second kappa shape index (κ2) is 7.87. The van der Waals surface area contributed by atoms with Crippen LogP contribution in [-0.2, 0) is 15.9 Å². The molecule has 0 fully saturated rings. The van der Waals surface area contributed by atoms with Crippen molar-refractivity contribution in [1.29, 1.82) is 0 Å². The minimum absolute atomic E-state index is 0.0432. The molecule has 0 bridgehead atoms. The summed E-state index contributed by atoms with van der Waals surface area (Å²) in [4.78, 5) is 39.6. The maximum absolute atomic E-state index is 13.0. The van der Waals surface area contributed by atoms with Crippen molar-refractivity contribution in [2.24, 2.45) is 5.41 Å². The number of hydrogen-bond acceptors (Lipinski definition) is 6. The van der Waals surface area contributed by atoms with Crippen LogP contribution in [0.2, 0.25) is 0 Å². The number of thiophene rings is 1. The molecular weight excluding hydrogens is 376 g/mol. The molecule has 28 heavy (non-hydrogen) atoms. The second-order valence-electron chi connectivity index (χ2n) is 7.57. The van der Waals surface area contributed by atoms with Crippen molar-refractivity contribution in [2.45, 2.75) is 40.5 Å². The van der Waals surface area contributed by atoms with Gasteiger partial charge in [-0.3, -0.25) is 4.79 Å². The fraction of sp³-hybridized carbons (Fsp3) is 0.409. The first-order chi connectivity index (χ1) is 13.3. The van der Waals surface area contributed by atoms with Gasteiger partial charge in [-0.1, -0.05) is 19.9 Å². The van der Waals surface area contributed by atoms with E-state index in [0.29, 0.717) is 24.0 Å². The number of benzene rings is 1. The zero-order valence-electron chi connectivity index (χ0n) is 16.6. The Balaban J connectivity index is 2.38. The number of fused-ring (bicyclic) bond motifs is 1. The van der Waals surface area contributed by atoms with Crippen LogP contribution in [-0.4, -0.2) is 30.9 Å². The Hall–Kier alpha value is -2.47. The topological polar surface area (TPSA) is 69.7 Å². The normalized spacial score (nSPS) is 15.1. The average Bonchev–Trinajstić information content (AvgIpc) is 3.13. The highest BCUT2D eigenvalue weighted by molar-refractivity contribution is 7.13. The molecule has 0 radical (unpaired) electrons. The monoisotopic (exact) mass is 400 g/mol. The zero-order valence-corrected chi connectivity index (χ0v) is 17.4. The van der Waals surface area contributed by atoms with Crippen molar-refractivity contribution in [2.75, 3.05) is 13.2 Å². The molecule has 2 aromatic rings. The van der Waals surface area contributed by atoms with Crippen molar-refractivity contribution in [3.05, 3.63) is 45.8 Å². The highest BCUT2D eigenvalue weighted by Gasteiger charge is 2.38. The lowest BCUT2D eigenvalue weighted by Gasteiger charge is -2.32. The number of rotatable bonds is 5. The van der Waals surface area contributed by atoms with Gasteiger partial charge in [-0.05, 0) is 48.8 Å². The molecule has 0 atom stereocenters. The Kier molecular flexibility index (Phi) is 5.70. The number of hydrogen-bond donors (Lipinski definition) is 0. The van der Waals surface area contributed by atoms with E-state index in [1.807, 2.05) is 37.4 Å². The number of Topliss-reactive ketones (excluding diaryl/α,β-unsaturated/α-hetero) is 1. The average molecular weight is 400 g/mol. The molecule has 1 aromatic carbocycles. The largest absolute Gasteiger partial charge is 0.462 e. The van der Waals surface area contributed by atoms with Crippen LogP contribution in [0.15, 0.2) is 23.6 Å². The van der Waals surface area contributed by atoms with Crippen LogP contribution in [0.5, 0.6) is 0 Å². The molecule has 1 aliphatic carbocycles. The van der Waals surface area contributed by atoms with Crippen LogP contribution < -0.4 is 0 Å². The van der Waals surface area contributed by atoms with Gasteiger partial charge in [-0.15, -0.1) is 11.3 Å². The van der Waals surface area contributed by atoms with Crippen molar-refractivity contribution in [1.82, 2.24) is 0 Å². The Morgan fingerprint density at radius 3 is 2.29 bits per heavy atom. The standard InChI is InChI=1S/C22H24O5S/c1-5-26-20(24)18-14(16-8-7-9-28-16)10-13-11-22(3,4)12-15(23)17(13)19(18)21(25)27-6-2/h7-10H,5-6,11-12H2,1-4H3. The number of carbonyl (C=O) groups is 3. The fourth-order valence-electron chi connectivity index (χ4n) is 3.75. The highest BCUT2D eigenvalue weighted by Crippen LogP contribution is 2.42. The molecule has 0 saturated heterocycles. The fourth-order valence-corrected chi connectivity index (χ4v) is 4.50. The van der Waals surface area contributed by atoms with Gasteiger partial charge in [0, 0.05) is 22.4 Å². The molecule has 0 unspecified atom stereocenters. The van der Waals surface area contributed by atoms with Crippen LogP contribution in [0, 0.1) is 5.41 Å². The summed E-state index contributed by atoms with van der Waals surface area (Å²) in [7, 11) is 0. The van der Waals surface area contributed by atoms with E-state index >= 15 is 0 Å². The number of ether oxygens (including phenoxy) is 2. The smallest absolute Gasteiger partial charge is 0.339 e. The quantitative estimate of drug-likeness (QED) is 0.666. The van der Waals surface area contributed by atoms with Gasteiger partial charge < -0.3 is 9.47 Å². The predicted octanol–water partition coefficient (Wildman–Crippen LogP) is 4.92. The minimum atomic E-state index is -0.659. The second-order valence-corrected chi connectivity index (χ2v) is 8.52. The zero-order chi connectivity index (χ0) is 20.5. The minimum Gasteiger partial charge on any atom is -0.462 e. The Labute approximate surface area is 168 Å². The summed E-state index contributed by atoms with van der Waals surface area (Å²) >= 11 is 1.47. The van der Waals surface area contributed by atoms with Crippen molar-refractivity contribution < 1.29 is 23.9 Å². The Morgan fingerprint density at radius 2 is 1.71 bits per heavy atom. The van der Waals surface area contributed by atoms with E-state index in [-0.39, 0.29) is 35.5 Å². The van der Waals surface area contributed by atoms with Crippen molar-refractivity contribution in [3.63, 3.8) is 0 Å². The van der Waals surface area contributed by atoms with Gasteiger partial charge in [0.1, 0.15) is 0 Å². The summed E-state index contributed by atoms with van der Waals surface area (Å²) in [5, 5.41) is 1.91. The maximum atomic E-state index is 13.0. The van der Waals surface area contributed by atoms with E-state index in [9.17, 15) is 14.4 Å². The molecule has 1 heterocycles. The van der Waals surface area contributed by atoms with Crippen LogP contribution in [0.1, 0.15) is 70.8 Å². The Bertz CT molecular complexity index is 925. The lowest BCUT2D eigenvalue weighted by molar-refractivity contribution is 0.0477. The van der Waals surface area contributed by atoms with Crippen LogP contribution >= 0.6 is 11.3 Å².